The van der Waals surface area contributed by atoms with Gasteiger partial charge in [-0.2, -0.15) is 17.2 Å². The van der Waals surface area contributed by atoms with Crippen LogP contribution in [-0.4, -0.2) is 24.9 Å². The van der Waals surface area contributed by atoms with Gasteiger partial charge < -0.3 is 0 Å². The highest BCUT2D eigenvalue weighted by Gasteiger charge is 2.44. The van der Waals surface area contributed by atoms with Crippen molar-refractivity contribution in [2.45, 2.75) is 5.25 Å². The molecule has 0 spiro atoms. The Kier molecular flexibility index (Phi) is 2.07. The third-order valence-electron chi connectivity index (χ3n) is 0.533. The molecule has 7 heteroatoms. The summed E-state index contributed by atoms with van der Waals surface area (Å²) in [5, 5.41) is -4.66. The van der Waals surface area contributed by atoms with E-state index < -0.39 is 22.0 Å². The Labute approximate surface area is 49.2 Å². The van der Waals surface area contributed by atoms with E-state index in [0.717, 1.165) is 0 Å². The summed E-state index contributed by atoms with van der Waals surface area (Å²) in [7, 11) is -5.56. The van der Waals surface area contributed by atoms with Gasteiger partial charge in [-0.1, -0.05) is 0 Å². The molecule has 3 nitrogen and oxygen atoms in total. The Morgan fingerprint density at radius 1 is 1.44 bits per heavy atom. The van der Waals surface area contributed by atoms with E-state index in [1.165, 1.54) is 0 Å². The molecule has 0 aliphatic rings. The van der Waals surface area contributed by atoms with Crippen LogP contribution in [0.3, 0.4) is 0 Å². The maximum absolute atomic E-state index is 11.4. The van der Waals surface area contributed by atoms with Gasteiger partial charge in [0.15, 0.2) is 6.67 Å². The standard InChI is InChI=1S/C2H3F3O3S/c3-1-2(4,5)9(6,7)8/h1H2,(H,6,7,8). The van der Waals surface area contributed by atoms with Gasteiger partial charge in [-0.05, 0) is 0 Å². The molecule has 0 aliphatic carbocycles. The molecule has 9 heavy (non-hydrogen) atoms. The minimum absolute atomic E-state index is 2.41. The van der Waals surface area contributed by atoms with Crippen LogP contribution in [0.25, 0.3) is 0 Å². The zero-order chi connectivity index (χ0) is 7.71. The molecule has 0 aromatic rings. The van der Waals surface area contributed by atoms with Crippen LogP contribution in [0.2, 0.25) is 0 Å². The smallest absolute Gasteiger partial charge is 0.281 e. The summed E-state index contributed by atoms with van der Waals surface area (Å²) >= 11 is 0. The Morgan fingerprint density at radius 2 is 1.78 bits per heavy atom. The van der Waals surface area contributed by atoms with E-state index in [2.05, 4.69) is 0 Å². The fraction of sp³-hybridized carbons (Fsp3) is 1.00. The average molecular weight is 164 g/mol. The molecule has 0 bridgehead atoms. The van der Waals surface area contributed by atoms with E-state index in [0.29, 0.717) is 0 Å². The van der Waals surface area contributed by atoms with Crippen LogP contribution < -0.4 is 0 Å². The molecule has 0 rings (SSSR count). The van der Waals surface area contributed by atoms with E-state index >= 15 is 0 Å². The summed E-state index contributed by atoms with van der Waals surface area (Å²) in [4.78, 5) is 0. The number of hydrogen-bond donors (Lipinski definition) is 1. The van der Waals surface area contributed by atoms with Crippen molar-refractivity contribution >= 4 is 10.1 Å². The van der Waals surface area contributed by atoms with E-state index in [-0.39, 0.29) is 0 Å². The minimum Gasteiger partial charge on any atom is -0.281 e. The highest BCUT2D eigenvalue weighted by molar-refractivity contribution is 7.86. The predicted molar refractivity (Wildman–Crippen MR) is 22.5 cm³/mol. The maximum atomic E-state index is 11.4. The van der Waals surface area contributed by atoms with Crippen LogP contribution >= 0.6 is 0 Å². The van der Waals surface area contributed by atoms with Crippen molar-refractivity contribution in [3.8, 4) is 0 Å². The van der Waals surface area contributed by atoms with Crippen molar-refractivity contribution < 1.29 is 26.1 Å². The molecule has 0 atom stereocenters. The number of rotatable bonds is 2. The molecule has 0 amide bonds. The van der Waals surface area contributed by atoms with Crippen molar-refractivity contribution in [2.75, 3.05) is 6.67 Å². The van der Waals surface area contributed by atoms with Crippen molar-refractivity contribution in [3.63, 3.8) is 0 Å². The summed E-state index contributed by atoms with van der Waals surface area (Å²) in [5.74, 6) is 0. The van der Waals surface area contributed by atoms with Gasteiger partial charge in [0.05, 0.1) is 0 Å². The number of hydrogen-bond acceptors (Lipinski definition) is 2. The van der Waals surface area contributed by atoms with E-state index in [1.54, 1.807) is 0 Å². The second kappa shape index (κ2) is 2.14. The van der Waals surface area contributed by atoms with Gasteiger partial charge >= 0.3 is 15.4 Å². The molecule has 0 saturated carbocycles. The third kappa shape index (κ3) is 1.83. The molecular formula is C2H3F3O3S. The molecule has 0 saturated heterocycles. The average Bonchev–Trinajstić information content (AvgIpc) is 1.64. The lowest BCUT2D eigenvalue weighted by Crippen LogP contribution is -2.30. The summed E-state index contributed by atoms with van der Waals surface area (Å²) in [6.07, 6.45) is 0. The van der Waals surface area contributed by atoms with Crippen molar-refractivity contribution in [1.29, 1.82) is 0 Å². The molecule has 0 fully saturated rings. The summed E-state index contributed by atoms with van der Waals surface area (Å²) < 4.78 is 60.3. The number of halogens is 3. The molecule has 1 N–H and O–H groups in total. The van der Waals surface area contributed by atoms with Crippen LogP contribution in [0.5, 0.6) is 0 Å². The first kappa shape index (κ1) is 8.70. The first-order valence-corrected chi connectivity index (χ1v) is 3.16. The Balaban J connectivity index is 4.56. The molecule has 0 radical (unpaired) electrons. The predicted octanol–water partition coefficient (Wildman–Crippen LogP) is 0.437. The SMILES string of the molecule is O=S(=O)(O)C(F)(F)CF. The largest absolute Gasteiger partial charge is 0.397 e. The zero-order valence-corrected chi connectivity index (χ0v) is 4.83. The fourth-order valence-corrected chi connectivity index (χ4v) is 0.207. The first-order valence-electron chi connectivity index (χ1n) is 1.72. The molecule has 0 heterocycles. The molecule has 0 unspecified atom stereocenters. The van der Waals surface area contributed by atoms with Gasteiger partial charge in [0.2, 0.25) is 0 Å². The summed E-state index contributed by atoms with van der Waals surface area (Å²) in [6, 6.07) is 0. The van der Waals surface area contributed by atoms with Gasteiger partial charge in [0.1, 0.15) is 0 Å². The van der Waals surface area contributed by atoms with Gasteiger partial charge in [-0.25, -0.2) is 4.39 Å². The lowest BCUT2D eigenvalue weighted by atomic mass is 10.8. The number of alkyl halides is 3. The van der Waals surface area contributed by atoms with Crippen LogP contribution in [0.15, 0.2) is 0 Å². The van der Waals surface area contributed by atoms with Crippen molar-refractivity contribution in [1.82, 2.24) is 0 Å². The normalized spacial score (nSPS) is 13.8. The highest BCUT2D eigenvalue weighted by Crippen LogP contribution is 2.19. The quantitative estimate of drug-likeness (QED) is 0.602. The monoisotopic (exact) mass is 164 g/mol. The summed E-state index contributed by atoms with van der Waals surface area (Å²) in [5.41, 5.74) is 0. The Bertz CT molecular complexity index is 183. The lowest BCUT2D eigenvalue weighted by molar-refractivity contribution is 0.0526. The second-order valence-corrected chi connectivity index (χ2v) is 2.79. The second-order valence-electron chi connectivity index (χ2n) is 1.25. The topological polar surface area (TPSA) is 54.4 Å². The van der Waals surface area contributed by atoms with Crippen molar-refractivity contribution in [2.24, 2.45) is 0 Å². The lowest BCUT2D eigenvalue weighted by Gasteiger charge is -2.05. The van der Waals surface area contributed by atoms with Gasteiger partial charge in [0.25, 0.3) is 0 Å². The molecular weight excluding hydrogens is 161 g/mol. The van der Waals surface area contributed by atoms with Crippen LogP contribution in [0, 0.1) is 0 Å². The molecule has 0 aliphatic heterocycles. The van der Waals surface area contributed by atoms with Crippen LogP contribution in [-0.2, 0) is 10.1 Å². The van der Waals surface area contributed by atoms with Crippen molar-refractivity contribution in [3.05, 3.63) is 0 Å². The zero-order valence-electron chi connectivity index (χ0n) is 4.01. The van der Waals surface area contributed by atoms with Gasteiger partial charge in [0, 0.05) is 0 Å². The Morgan fingerprint density at radius 3 is 1.78 bits per heavy atom. The first-order chi connectivity index (χ1) is 3.81. The third-order valence-corrected chi connectivity index (χ3v) is 1.40. The summed E-state index contributed by atoms with van der Waals surface area (Å²) in [6.45, 7) is -2.41. The maximum Gasteiger partial charge on any atom is 0.397 e. The molecule has 0 aromatic heterocycles. The molecule has 56 valence electrons. The van der Waals surface area contributed by atoms with E-state index in [9.17, 15) is 21.6 Å². The van der Waals surface area contributed by atoms with E-state index in [4.69, 9.17) is 4.55 Å². The fourth-order valence-electron chi connectivity index (χ4n) is 0.0689. The van der Waals surface area contributed by atoms with Gasteiger partial charge in [-0.15, -0.1) is 0 Å². The van der Waals surface area contributed by atoms with Gasteiger partial charge in [-0.3, -0.25) is 4.55 Å². The van der Waals surface area contributed by atoms with Crippen LogP contribution in [0.1, 0.15) is 0 Å². The Hall–Kier alpha value is -0.300. The van der Waals surface area contributed by atoms with E-state index in [1.807, 2.05) is 0 Å². The minimum atomic E-state index is -5.56. The highest BCUT2D eigenvalue weighted by atomic mass is 32.2. The van der Waals surface area contributed by atoms with Crippen LogP contribution in [0.4, 0.5) is 13.2 Å². The molecule has 0 aromatic carbocycles.